The molecule has 3 aromatic carbocycles. The molecule has 0 spiro atoms. The van der Waals surface area contributed by atoms with Crippen molar-refractivity contribution >= 4 is 31.4 Å². The van der Waals surface area contributed by atoms with Crippen LogP contribution in [0.5, 0.6) is 11.5 Å². The van der Waals surface area contributed by atoms with E-state index in [0.29, 0.717) is 5.75 Å². The number of sulfonamides is 2. The van der Waals surface area contributed by atoms with Crippen molar-refractivity contribution in [3.8, 4) is 11.5 Å². The Labute approximate surface area is 168 Å². The second-order valence-corrected chi connectivity index (χ2v) is 9.27. The summed E-state index contributed by atoms with van der Waals surface area (Å²) in [5.74, 6) is -0.0967. The number of ether oxygens (including phenoxy) is 1. The number of rotatable bonds is 7. The minimum atomic E-state index is -4.08. The van der Waals surface area contributed by atoms with Crippen LogP contribution < -0.4 is 14.2 Å². The Morgan fingerprint density at radius 2 is 1.31 bits per heavy atom. The highest BCUT2D eigenvalue weighted by Gasteiger charge is 2.21. The van der Waals surface area contributed by atoms with Crippen molar-refractivity contribution in [1.29, 1.82) is 0 Å². The summed E-state index contributed by atoms with van der Waals surface area (Å²) in [4.78, 5) is -0.272. The SMILES string of the molecule is COc1ccccc1NS(=O)(=O)c1ccc(O)c(NS(=O)(=O)c2ccccc2)c1. The predicted octanol–water partition coefficient (Wildman–Crippen LogP) is 3.00. The van der Waals surface area contributed by atoms with E-state index in [-0.39, 0.29) is 21.2 Å². The Balaban J connectivity index is 1.94. The first-order chi connectivity index (χ1) is 13.7. The number of para-hydroxylation sites is 2. The van der Waals surface area contributed by atoms with Gasteiger partial charge in [-0.25, -0.2) is 16.8 Å². The second-order valence-electron chi connectivity index (χ2n) is 5.90. The average Bonchev–Trinajstić information content (AvgIpc) is 2.70. The molecule has 0 fully saturated rings. The maximum Gasteiger partial charge on any atom is 0.262 e. The van der Waals surface area contributed by atoms with Gasteiger partial charge in [0.05, 0.1) is 28.3 Å². The molecule has 0 aliphatic heterocycles. The first-order valence-corrected chi connectivity index (χ1v) is 11.3. The second kappa shape index (κ2) is 8.02. The van der Waals surface area contributed by atoms with Gasteiger partial charge in [-0.2, -0.15) is 0 Å². The van der Waals surface area contributed by atoms with E-state index in [2.05, 4.69) is 9.44 Å². The molecule has 0 aromatic heterocycles. The van der Waals surface area contributed by atoms with Crippen molar-refractivity contribution in [3.05, 3.63) is 72.8 Å². The fourth-order valence-electron chi connectivity index (χ4n) is 2.50. The fraction of sp³-hybridized carbons (Fsp3) is 0.0526. The summed E-state index contributed by atoms with van der Waals surface area (Å²) in [7, 11) is -6.69. The summed E-state index contributed by atoms with van der Waals surface area (Å²) in [6, 6.07) is 17.2. The van der Waals surface area contributed by atoms with Gasteiger partial charge in [-0.1, -0.05) is 30.3 Å². The summed E-state index contributed by atoms with van der Waals surface area (Å²) >= 11 is 0. The van der Waals surface area contributed by atoms with Crippen LogP contribution in [0.2, 0.25) is 0 Å². The number of hydrogen-bond acceptors (Lipinski definition) is 6. The van der Waals surface area contributed by atoms with Gasteiger partial charge in [0.25, 0.3) is 20.0 Å². The summed E-state index contributed by atoms with van der Waals surface area (Å²) in [5, 5.41) is 10.0. The van der Waals surface area contributed by atoms with Crippen LogP contribution in [0.4, 0.5) is 11.4 Å². The van der Waals surface area contributed by atoms with Gasteiger partial charge in [-0.3, -0.25) is 9.44 Å². The highest BCUT2D eigenvalue weighted by molar-refractivity contribution is 7.93. The number of phenols is 1. The van der Waals surface area contributed by atoms with Gasteiger partial charge >= 0.3 is 0 Å². The molecule has 152 valence electrons. The van der Waals surface area contributed by atoms with E-state index in [1.807, 2.05) is 0 Å². The third kappa shape index (κ3) is 4.61. The summed E-state index contributed by atoms with van der Waals surface area (Å²) in [6.07, 6.45) is 0. The Kier molecular flexibility index (Phi) is 5.66. The number of hydrogen-bond donors (Lipinski definition) is 3. The molecule has 0 saturated heterocycles. The zero-order valence-electron chi connectivity index (χ0n) is 15.2. The lowest BCUT2D eigenvalue weighted by Crippen LogP contribution is -2.16. The maximum absolute atomic E-state index is 12.7. The number of methoxy groups -OCH3 is 1. The molecule has 10 heteroatoms. The smallest absolute Gasteiger partial charge is 0.262 e. The lowest BCUT2D eigenvalue weighted by Gasteiger charge is -2.14. The van der Waals surface area contributed by atoms with Gasteiger partial charge in [0.1, 0.15) is 11.5 Å². The normalized spacial score (nSPS) is 11.6. The van der Waals surface area contributed by atoms with Crippen LogP contribution >= 0.6 is 0 Å². The van der Waals surface area contributed by atoms with Gasteiger partial charge in [0.15, 0.2) is 0 Å². The van der Waals surface area contributed by atoms with E-state index in [9.17, 15) is 21.9 Å². The Bertz CT molecular complexity index is 1230. The zero-order valence-corrected chi connectivity index (χ0v) is 16.9. The van der Waals surface area contributed by atoms with Gasteiger partial charge in [-0.05, 0) is 42.5 Å². The molecule has 0 saturated carbocycles. The van der Waals surface area contributed by atoms with Crippen molar-refractivity contribution in [2.75, 3.05) is 16.6 Å². The maximum atomic E-state index is 12.7. The van der Waals surface area contributed by atoms with E-state index in [4.69, 9.17) is 4.74 Å². The number of phenolic OH excluding ortho intramolecular Hbond substituents is 1. The van der Waals surface area contributed by atoms with Gasteiger partial charge in [0, 0.05) is 0 Å². The molecule has 8 nitrogen and oxygen atoms in total. The van der Waals surface area contributed by atoms with Gasteiger partial charge < -0.3 is 9.84 Å². The molecule has 3 N–H and O–H groups in total. The van der Waals surface area contributed by atoms with E-state index in [1.54, 1.807) is 36.4 Å². The van der Waals surface area contributed by atoms with Crippen molar-refractivity contribution in [1.82, 2.24) is 0 Å². The molecule has 0 aliphatic rings. The quantitative estimate of drug-likeness (QED) is 0.492. The third-order valence-corrected chi connectivity index (χ3v) is 6.67. The van der Waals surface area contributed by atoms with Crippen LogP contribution in [-0.4, -0.2) is 29.1 Å². The topological polar surface area (TPSA) is 122 Å². The van der Waals surface area contributed by atoms with Crippen LogP contribution in [0.3, 0.4) is 0 Å². The minimum absolute atomic E-state index is 0.0280. The molecule has 0 amide bonds. The lowest BCUT2D eigenvalue weighted by atomic mass is 10.3. The first-order valence-electron chi connectivity index (χ1n) is 8.30. The van der Waals surface area contributed by atoms with Crippen molar-refractivity contribution in [2.24, 2.45) is 0 Å². The van der Waals surface area contributed by atoms with E-state index in [0.717, 1.165) is 18.2 Å². The summed E-state index contributed by atoms with van der Waals surface area (Å²) in [6.45, 7) is 0. The molecular weight excluding hydrogens is 416 g/mol. The number of benzene rings is 3. The molecule has 0 unspecified atom stereocenters. The third-order valence-electron chi connectivity index (χ3n) is 3.93. The van der Waals surface area contributed by atoms with Crippen LogP contribution in [0.15, 0.2) is 82.6 Å². The highest BCUT2D eigenvalue weighted by Crippen LogP contribution is 2.31. The van der Waals surface area contributed by atoms with E-state index < -0.39 is 25.8 Å². The van der Waals surface area contributed by atoms with Crippen LogP contribution in [0.1, 0.15) is 0 Å². The minimum Gasteiger partial charge on any atom is -0.506 e. The van der Waals surface area contributed by atoms with E-state index in [1.165, 1.54) is 25.3 Å². The predicted molar refractivity (Wildman–Crippen MR) is 109 cm³/mol. The molecule has 0 aliphatic carbocycles. The molecule has 3 rings (SSSR count). The number of nitrogens with one attached hydrogen (secondary N) is 2. The zero-order chi connectivity index (χ0) is 21.1. The van der Waals surface area contributed by atoms with E-state index >= 15 is 0 Å². The largest absolute Gasteiger partial charge is 0.506 e. The van der Waals surface area contributed by atoms with Crippen molar-refractivity contribution in [2.45, 2.75) is 9.79 Å². The van der Waals surface area contributed by atoms with Crippen LogP contribution in [0, 0.1) is 0 Å². The standard InChI is InChI=1S/C19H18N2O6S2/c1-27-19-10-6-5-9-16(19)20-29(25,26)15-11-12-18(22)17(13-15)21-28(23,24)14-7-3-2-4-8-14/h2-13,20-22H,1H3. The fourth-order valence-corrected chi connectivity index (χ4v) is 4.68. The van der Waals surface area contributed by atoms with Gasteiger partial charge in [0.2, 0.25) is 0 Å². The first kappa shape index (κ1) is 20.5. The van der Waals surface area contributed by atoms with Crippen LogP contribution in [-0.2, 0) is 20.0 Å². The number of aromatic hydroxyl groups is 1. The molecule has 0 bridgehead atoms. The molecule has 0 atom stereocenters. The Hall–Kier alpha value is -3.24. The van der Waals surface area contributed by atoms with Crippen molar-refractivity contribution in [3.63, 3.8) is 0 Å². The molecule has 0 radical (unpaired) electrons. The van der Waals surface area contributed by atoms with Crippen LogP contribution in [0.25, 0.3) is 0 Å². The molecule has 0 heterocycles. The average molecular weight is 434 g/mol. The summed E-state index contributed by atoms with van der Waals surface area (Å²) < 4.78 is 60.2. The monoisotopic (exact) mass is 434 g/mol. The van der Waals surface area contributed by atoms with Crippen molar-refractivity contribution < 1.29 is 26.7 Å². The molecular formula is C19H18N2O6S2. The highest BCUT2D eigenvalue weighted by atomic mass is 32.2. The lowest BCUT2D eigenvalue weighted by molar-refractivity contribution is 0.417. The molecule has 3 aromatic rings. The Morgan fingerprint density at radius 3 is 2.00 bits per heavy atom. The molecule has 29 heavy (non-hydrogen) atoms. The Morgan fingerprint density at radius 1 is 0.724 bits per heavy atom. The van der Waals surface area contributed by atoms with Gasteiger partial charge in [-0.15, -0.1) is 0 Å². The summed E-state index contributed by atoms with van der Waals surface area (Å²) in [5.41, 5.74) is -0.0498. The number of anilines is 2.